The molecule has 0 aliphatic carbocycles. The van der Waals surface area contributed by atoms with E-state index in [0.717, 1.165) is 36.0 Å². The fourth-order valence-electron chi connectivity index (χ4n) is 2.02. The van der Waals surface area contributed by atoms with Gasteiger partial charge in [0.25, 0.3) is 0 Å². The van der Waals surface area contributed by atoms with Gasteiger partial charge < -0.3 is 10.2 Å². The van der Waals surface area contributed by atoms with Crippen LogP contribution in [0, 0.1) is 5.92 Å². The molecule has 0 atom stereocenters. The van der Waals surface area contributed by atoms with Crippen LogP contribution in [0.5, 0.6) is 0 Å². The summed E-state index contributed by atoms with van der Waals surface area (Å²) in [5, 5.41) is 4.17. The molecule has 0 saturated heterocycles. The Kier molecular flexibility index (Phi) is 7.93. The molecule has 1 aromatic heterocycles. The summed E-state index contributed by atoms with van der Waals surface area (Å²) in [5.74, 6) is 1.65. The second kappa shape index (κ2) is 9.19. The Morgan fingerprint density at radius 3 is 2.75 bits per heavy atom. The predicted octanol–water partition coefficient (Wildman–Crippen LogP) is 4.11. The Hall–Kier alpha value is -0.800. The highest BCUT2D eigenvalue weighted by Gasteiger charge is 2.07. The first-order valence-electron chi connectivity index (χ1n) is 7.60. The third kappa shape index (κ3) is 6.10. The van der Waals surface area contributed by atoms with Gasteiger partial charge in [-0.2, -0.15) is 0 Å². The minimum Gasteiger partial charge on any atom is -0.360 e. The minimum atomic E-state index is 0.645. The third-order valence-electron chi connectivity index (χ3n) is 3.28. The average molecular weight is 298 g/mol. The molecule has 0 amide bonds. The summed E-state index contributed by atoms with van der Waals surface area (Å²) >= 11 is 6.22. The van der Waals surface area contributed by atoms with E-state index in [9.17, 15) is 0 Å². The summed E-state index contributed by atoms with van der Waals surface area (Å²) in [6.45, 7) is 9.47. The Balaban J connectivity index is 2.60. The largest absolute Gasteiger partial charge is 0.360 e. The van der Waals surface area contributed by atoms with Gasteiger partial charge in [-0.1, -0.05) is 45.2 Å². The first kappa shape index (κ1) is 17.3. The van der Waals surface area contributed by atoms with Crippen molar-refractivity contribution in [3.63, 3.8) is 0 Å². The lowest BCUT2D eigenvalue weighted by Crippen LogP contribution is -2.22. The number of halogens is 1. The van der Waals surface area contributed by atoms with E-state index < -0.39 is 0 Å². The summed E-state index contributed by atoms with van der Waals surface area (Å²) in [6.07, 6.45) is 5.48. The van der Waals surface area contributed by atoms with Gasteiger partial charge in [0.1, 0.15) is 5.82 Å². The van der Waals surface area contributed by atoms with Gasteiger partial charge in [-0.25, -0.2) is 4.98 Å². The fraction of sp³-hybridized carbons (Fsp3) is 0.688. The highest BCUT2D eigenvalue weighted by molar-refractivity contribution is 6.31. The van der Waals surface area contributed by atoms with E-state index >= 15 is 0 Å². The molecule has 20 heavy (non-hydrogen) atoms. The zero-order valence-electron chi connectivity index (χ0n) is 13.2. The van der Waals surface area contributed by atoms with Gasteiger partial charge in [0.05, 0.1) is 5.02 Å². The summed E-state index contributed by atoms with van der Waals surface area (Å²) in [6, 6.07) is 2.10. The summed E-state index contributed by atoms with van der Waals surface area (Å²) < 4.78 is 0. The van der Waals surface area contributed by atoms with Gasteiger partial charge in [0.2, 0.25) is 0 Å². The number of hydrogen-bond donors (Lipinski definition) is 1. The molecule has 4 heteroatoms. The van der Waals surface area contributed by atoms with E-state index in [4.69, 9.17) is 11.6 Å². The Morgan fingerprint density at radius 2 is 2.10 bits per heavy atom. The number of hydrogen-bond acceptors (Lipinski definition) is 3. The number of nitrogens with one attached hydrogen (secondary N) is 1. The molecule has 0 spiro atoms. The Morgan fingerprint density at radius 1 is 1.35 bits per heavy atom. The van der Waals surface area contributed by atoms with Crippen LogP contribution in [0.4, 0.5) is 5.82 Å². The van der Waals surface area contributed by atoms with Gasteiger partial charge in [-0.05, 0) is 30.5 Å². The topological polar surface area (TPSA) is 28.2 Å². The number of aromatic nitrogens is 1. The molecule has 114 valence electrons. The van der Waals surface area contributed by atoms with Crippen molar-refractivity contribution in [2.45, 2.75) is 46.6 Å². The molecule has 0 aliphatic heterocycles. The normalized spacial score (nSPS) is 11.1. The van der Waals surface area contributed by atoms with E-state index in [1.165, 1.54) is 19.3 Å². The smallest absolute Gasteiger partial charge is 0.128 e. The quantitative estimate of drug-likeness (QED) is 0.695. The van der Waals surface area contributed by atoms with Crippen LogP contribution in [0.15, 0.2) is 12.3 Å². The second-order valence-corrected chi connectivity index (χ2v) is 6.19. The molecule has 0 radical (unpaired) electrons. The van der Waals surface area contributed by atoms with Crippen molar-refractivity contribution >= 4 is 17.4 Å². The highest BCUT2D eigenvalue weighted by Crippen LogP contribution is 2.20. The van der Waals surface area contributed by atoms with E-state index in [1.54, 1.807) is 6.20 Å². The van der Waals surface area contributed by atoms with Gasteiger partial charge in [-0.3, -0.25) is 0 Å². The van der Waals surface area contributed by atoms with Crippen LogP contribution < -0.4 is 10.2 Å². The molecule has 0 saturated carbocycles. The number of anilines is 1. The average Bonchev–Trinajstić information content (AvgIpc) is 2.40. The van der Waals surface area contributed by atoms with E-state index in [2.05, 4.69) is 49.1 Å². The van der Waals surface area contributed by atoms with Crippen LogP contribution in [0.3, 0.4) is 0 Å². The first-order chi connectivity index (χ1) is 9.54. The monoisotopic (exact) mass is 297 g/mol. The number of rotatable bonds is 9. The zero-order chi connectivity index (χ0) is 15.0. The Bertz CT molecular complexity index is 393. The standard InChI is InChI=1S/C16H28ClN3/c1-5-6-7-8-20(4)16-9-14(15(17)12-19-16)11-18-10-13(2)3/h9,12-13,18H,5-8,10-11H2,1-4H3. The van der Waals surface area contributed by atoms with Crippen LogP contribution in [-0.2, 0) is 6.54 Å². The van der Waals surface area contributed by atoms with Crippen molar-refractivity contribution in [3.05, 3.63) is 22.8 Å². The number of pyridine rings is 1. The minimum absolute atomic E-state index is 0.645. The van der Waals surface area contributed by atoms with Crippen LogP contribution in [0.2, 0.25) is 5.02 Å². The second-order valence-electron chi connectivity index (χ2n) is 5.79. The summed E-state index contributed by atoms with van der Waals surface area (Å²) in [4.78, 5) is 6.63. The van der Waals surface area contributed by atoms with Gasteiger partial charge in [0, 0.05) is 26.3 Å². The van der Waals surface area contributed by atoms with E-state index in [0.29, 0.717) is 5.92 Å². The van der Waals surface area contributed by atoms with Crippen LogP contribution in [-0.4, -0.2) is 25.1 Å². The van der Waals surface area contributed by atoms with Gasteiger partial charge >= 0.3 is 0 Å². The molecule has 0 bridgehead atoms. The Labute approximate surface area is 128 Å². The molecule has 0 aromatic carbocycles. The maximum absolute atomic E-state index is 6.22. The van der Waals surface area contributed by atoms with Gasteiger partial charge in [-0.15, -0.1) is 0 Å². The lowest BCUT2D eigenvalue weighted by atomic mass is 10.2. The van der Waals surface area contributed by atoms with Crippen molar-refractivity contribution in [2.24, 2.45) is 5.92 Å². The first-order valence-corrected chi connectivity index (χ1v) is 7.98. The van der Waals surface area contributed by atoms with Crippen molar-refractivity contribution in [1.29, 1.82) is 0 Å². The third-order valence-corrected chi connectivity index (χ3v) is 3.62. The summed E-state index contributed by atoms with van der Waals surface area (Å²) in [7, 11) is 2.09. The molecule has 0 unspecified atom stereocenters. The lowest BCUT2D eigenvalue weighted by Gasteiger charge is -2.19. The van der Waals surface area contributed by atoms with Crippen LogP contribution in [0.1, 0.15) is 45.6 Å². The highest BCUT2D eigenvalue weighted by atomic mass is 35.5. The maximum Gasteiger partial charge on any atom is 0.128 e. The fourth-order valence-corrected chi connectivity index (χ4v) is 2.19. The molecule has 1 N–H and O–H groups in total. The SMILES string of the molecule is CCCCCN(C)c1cc(CNCC(C)C)c(Cl)cn1. The lowest BCUT2D eigenvalue weighted by molar-refractivity contribution is 0.552. The summed E-state index contributed by atoms with van der Waals surface area (Å²) in [5.41, 5.74) is 1.12. The van der Waals surface area contributed by atoms with Crippen LogP contribution in [0.25, 0.3) is 0 Å². The zero-order valence-corrected chi connectivity index (χ0v) is 14.0. The van der Waals surface area contributed by atoms with E-state index in [-0.39, 0.29) is 0 Å². The van der Waals surface area contributed by atoms with Crippen molar-refractivity contribution in [1.82, 2.24) is 10.3 Å². The van der Waals surface area contributed by atoms with Gasteiger partial charge in [0.15, 0.2) is 0 Å². The molecule has 1 rings (SSSR count). The van der Waals surface area contributed by atoms with E-state index in [1.807, 2.05) is 0 Å². The molecular formula is C16H28ClN3. The van der Waals surface area contributed by atoms with Crippen LogP contribution >= 0.6 is 11.6 Å². The number of unbranched alkanes of at least 4 members (excludes halogenated alkanes) is 2. The molecule has 0 fully saturated rings. The molecule has 1 heterocycles. The molecule has 3 nitrogen and oxygen atoms in total. The maximum atomic E-state index is 6.22. The van der Waals surface area contributed by atoms with Crippen molar-refractivity contribution < 1.29 is 0 Å². The van der Waals surface area contributed by atoms with Crippen molar-refractivity contribution in [3.8, 4) is 0 Å². The molecule has 0 aliphatic rings. The van der Waals surface area contributed by atoms with Crippen molar-refractivity contribution in [2.75, 3.05) is 25.0 Å². The number of nitrogens with zero attached hydrogens (tertiary/aromatic N) is 2. The predicted molar refractivity (Wildman–Crippen MR) is 88.6 cm³/mol. The molecular weight excluding hydrogens is 270 g/mol. The molecule has 1 aromatic rings.